The Labute approximate surface area is 149 Å². The highest BCUT2D eigenvalue weighted by atomic mass is 16.4. The molecule has 3 rings (SSSR count). The number of piperazine rings is 1. The summed E-state index contributed by atoms with van der Waals surface area (Å²) in [6.45, 7) is 9.48. The maximum absolute atomic E-state index is 10.8. The molecule has 0 aromatic heterocycles. The summed E-state index contributed by atoms with van der Waals surface area (Å²) in [4.78, 5) is 15.7. The van der Waals surface area contributed by atoms with Crippen LogP contribution in [0.1, 0.15) is 22.3 Å². The number of aryl methyl sites for hydroxylation is 1. The lowest BCUT2D eigenvalue weighted by Gasteiger charge is -2.37. The Kier molecular flexibility index (Phi) is 5.39. The molecule has 25 heavy (non-hydrogen) atoms. The van der Waals surface area contributed by atoms with Crippen molar-refractivity contribution in [3.8, 4) is 0 Å². The van der Waals surface area contributed by atoms with Gasteiger partial charge in [-0.2, -0.15) is 0 Å². The minimum Gasteiger partial charge on any atom is -0.481 e. The van der Waals surface area contributed by atoms with Gasteiger partial charge in [-0.3, -0.25) is 9.69 Å². The van der Waals surface area contributed by atoms with Crippen LogP contribution in [0.25, 0.3) is 0 Å². The fraction of sp³-hybridized carbons (Fsp3) is 0.381. The lowest BCUT2D eigenvalue weighted by atomic mass is 10.1. The number of carboxylic acids is 1. The van der Waals surface area contributed by atoms with E-state index in [2.05, 4.69) is 54.0 Å². The highest BCUT2D eigenvalue weighted by Gasteiger charge is 2.18. The van der Waals surface area contributed by atoms with Crippen molar-refractivity contribution in [3.05, 3.63) is 64.7 Å². The van der Waals surface area contributed by atoms with Gasteiger partial charge in [-0.05, 0) is 42.2 Å². The quantitative estimate of drug-likeness (QED) is 0.909. The summed E-state index contributed by atoms with van der Waals surface area (Å²) < 4.78 is 0. The van der Waals surface area contributed by atoms with E-state index >= 15 is 0 Å². The summed E-state index contributed by atoms with van der Waals surface area (Å²) in [5.74, 6) is -0.782. The second-order valence-electron chi connectivity index (χ2n) is 6.87. The zero-order chi connectivity index (χ0) is 17.8. The van der Waals surface area contributed by atoms with Crippen molar-refractivity contribution < 1.29 is 9.90 Å². The number of benzene rings is 2. The smallest absolute Gasteiger partial charge is 0.307 e. The number of carboxylic acid groups (broad SMARTS) is 1. The molecule has 0 bridgehead atoms. The number of carbonyl (C=O) groups is 1. The van der Waals surface area contributed by atoms with Gasteiger partial charge in [0.1, 0.15) is 0 Å². The fourth-order valence-electron chi connectivity index (χ4n) is 3.42. The predicted molar refractivity (Wildman–Crippen MR) is 101 cm³/mol. The SMILES string of the molecule is Cc1cccc(N2CCN(Cc3ccc(CC(=O)O)cc3)CC2)c1C. The van der Waals surface area contributed by atoms with Crippen LogP contribution in [-0.2, 0) is 17.8 Å². The molecule has 1 N–H and O–H groups in total. The number of rotatable bonds is 5. The van der Waals surface area contributed by atoms with E-state index < -0.39 is 5.97 Å². The van der Waals surface area contributed by atoms with Gasteiger partial charge in [0.15, 0.2) is 0 Å². The molecule has 2 aromatic rings. The molecule has 1 saturated heterocycles. The summed E-state index contributed by atoms with van der Waals surface area (Å²) in [5.41, 5.74) is 6.19. The van der Waals surface area contributed by atoms with Crippen LogP contribution in [-0.4, -0.2) is 42.2 Å². The van der Waals surface area contributed by atoms with Crippen LogP contribution in [0, 0.1) is 13.8 Å². The number of anilines is 1. The van der Waals surface area contributed by atoms with Crippen molar-refractivity contribution in [2.24, 2.45) is 0 Å². The van der Waals surface area contributed by atoms with Gasteiger partial charge >= 0.3 is 5.97 Å². The van der Waals surface area contributed by atoms with E-state index in [4.69, 9.17) is 5.11 Å². The highest BCUT2D eigenvalue weighted by Crippen LogP contribution is 2.24. The third-order valence-electron chi connectivity index (χ3n) is 5.07. The second-order valence-corrected chi connectivity index (χ2v) is 6.87. The molecule has 0 radical (unpaired) electrons. The van der Waals surface area contributed by atoms with Crippen LogP contribution in [0.15, 0.2) is 42.5 Å². The minimum absolute atomic E-state index is 0.0921. The van der Waals surface area contributed by atoms with Crippen LogP contribution in [0.5, 0.6) is 0 Å². The Hall–Kier alpha value is -2.33. The van der Waals surface area contributed by atoms with E-state index in [-0.39, 0.29) is 6.42 Å². The molecule has 1 aliphatic heterocycles. The fourth-order valence-corrected chi connectivity index (χ4v) is 3.42. The van der Waals surface area contributed by atoms with Crippen LogP contribution in [0.4, 0.5) is 5.69 Å². The molecular weight excluding hydrogens is 312 g/mol. The topological polar surface area (TPSA) is 43.8 Å². The molecule has 4 nitrogen and oxygen atoms in total. The average molecular weight is 338 g/mol. The molecular formula is C21H26N2O2. The van der Waals surface area contributed by atoms with Crippen LogP contribution in [0.3, 0.4) is 0 Å². The first-order valence-electron chi connectivity index (χ1n) is 8.86. The summed E-state index contributed by atoms with van der Waals surface area (Å²) in [6, 6.07) is 14.5. The number of nitrogens with zero attached hydrogens (tertiary/aromatic N) is 2. The summed E-state index contributed by atoms with van der Waals surface area (Å²) >= 11 is 0. The van der Waals surface area contributed by atoms with Gasteiger partial charge in [0.2, 0.25) is 0 Å². The Balaban J connectivity index is 1.56. The third kappa shape index (κ3) is 4.40. The van der Waals surface area contributed by atoms with E-state index in [9.17, 15) is 4.79 Å². The van der Waals surface area contributed by atoms with E-state index in [0.29, 0.717) is 0 Å². The van der Waals surface area contributed by atoms with Crippen LogP contribution < -0.4 is 4.90 Å². The molecule has 0 saturated carbocycles. The normalized spacial score (nSPS) is 15.4. The molecule has 1 heterocycles. The zero-order valence-electron chi connectivity index (χ0n) is 15.0. The minimum atomic E-state index is -0.782. The van der Waals surface area contributed by atoms with E-state index in [1.165, 1.54) is 22.4 Å². The molecule has 132 valence electrons. The number of aliphatic carboxylic acids is 1. The van der Waals surface area contributed by atoms with Crippen molar-refractivity contribution in [1.29, 1.82) is 0 Å². The van der Waals surface area contributed by atoms with Crippen LogP contribution >= 0.6 is 0 Å². The molecule has 1 fully saturated rings. The van der Waals surface area contributed by atoms with Crippen molar-refractivity contribution in [2.45, 2.75) is 26.8 Å². The number of hydrogen-bond acceptors (Lipinski definition) is 3. The lowest BCUT2D eigenvalue weighted by Crippen LogP contribution is -2.46. The molecule has 1 aliphatic rings. The monoisotopic (exact) mass is 338 g/mol. The van der Waals surface area contributed by atoms with E-state index in [1.54, 1.807) is 0 Å². The molecule has 4 heteroatoms. The molecule has 0 unspecified atom stereocenters. The van der Waals surface area contributed by atoms with Gasteiger partial charge in [0.05, 0.1) is 6.42 Å². The van der Waals surface area contributed by atoms with Gasteiger partial charge in [-0.1, -0.05) is 36.4 Å². The molecule has 0 amide bonds. The summed E-state index contributed by atoms with van der Waals surface area (Å²) in [7, 11) is 0. The zero-order valence-corrected chi connectivity index (χ0v) is 15.0. The lowest BCUT2D eigenvalue weighted by molar-refractivity contribution is -0.136. The first-order chi connectivity index (χ1) is 12.0. The van der Waals surface area contributed by atoms with Gasteiger partial charge in [-0.15, -0.1) is 0 Å². The Morgan fingerprint density at radius 3 is 2.24 bits per heavy atom. The summed E-state index contributed by atoms with van der Waals surface area (Å²) in [6.07, 6.45) is 0.0921. The first-order valence-corrected chi connectivity index (χ1v) is 8.86. The van der Waals surface area contributed by atoms with Crippen molar-refractivity contribution in [2.75, 3.05) is 31.1 Å². The van der Waals surface area contributed by atoms with Gasteiger partial charge in [0, 0.05) is 38.4 Å². The number of hydrogen-bond donors (Lipinski definition) is 1. The van der Waals surface area contributed by atoms with Crippen molar-refractivity contribution >= 4 is 11.7 Å². The maximum atomic E-state index is 10.8. The Morgan fingerprint density at radius 2 is 1.60 bits per heavy atom. The Bertz CT molecular complexity index is 732. The molecule has 0 atom stereocenters. The van der Waals surface area contributed by atoms with Crippen molar-refractivity contribution in [1.82, 2.24) is 4.90 Å². The van der Waals surface area contributed by atoms with Crippen LogP contribution in [0.2, 0.25) is 0 Å². The average Bonchev–Trinajstić information content (AvgIpc) is 2.59. The van der Waals surface area contributed by atoms with Gasteiger partial charge in [0.25, 0.3) is 0 Å². The third-order valence-corrected chi connectivity index (χ3v) is 5.07. The largest absolute Gasteiger partial charge is 0.481 e. The molecule has 2 aromatic carbocycles. The Morgan fingerprint density at radius 1 is 0.960 bits per heavy atom. The summed E-state index contributed by atoms with van der Waals surface area (Å²) in [5, 5.41) is 8.84. The van der Waals surface area contributed by atoms with Gasteiger partial charge in [-0.25, -0.2) is 0 Å². The highest BCUT2D eigenvalue weighted by molar-refractivity contribution is 5.70. The second kappa shape index (κ2) is 7.70. The maximum Gasteiger partial charge on any atom is 0.307 e. The van der Waals surface area contributed by atoms with E-state index in [1.807, 2.05) is 12.1 Å². The van der Waals surface area contributed by atoms with E-state index in [0.717, 1.165) is 38.3 Å². The van der Waals surface area contributed by atoms with Gasteiger partial charge < -0.3 is 10.0 Å². The predicted octanol–water partition coefficient (Wildman–Crippen LogP) is 3.25. The van der Waals surface area contributed by atoms with Crippen molar-refractivity contribution in [3.63, 3.8) is 0 Å². The first kappa shape index (κ1) is 17.5. The molecule has 0 aliphatic carbocycles. The molecule has 0 spiro atoms. The standard InChI is InChI=1S/C21H26N2O2/c1-16-4-3-5-20(17(16)2)23-12-10-22(11-13-23)15-19-8-6-18(7-9-19)14-21(24)25/h3-9H,10-15H2,1-2H3,(H,24,25).